The summed E-state index contributed by atoms with van der Waals surface area (Å²) < 4.78 is 1.58. The molecule has 0 spiro atoms. The minimum atomic E-state index is 0.0225. The van der Waals surface area contributed by atoms with Crippen molar-refractivity contribution in [3.8, 4) is 0 Å². The molecule has 0 atom stereocenters. The van der Waals surface area contributed by atoms with E-state index in [1.165, 1.54) is 0 Å². The van der Waals surface area contributed by atoms with E-state index in [1.54, 1.807) is 23.0 Å². The van der Waals surface area contributed by atoms with Crippen LogP contribution >= 0.6 is 0 Å². The summed E-state index contributed by atoms with van der Waals surface area (Å²) >= 11 is 0. The van der Waals surface area contributed by atoms with Crippen molar-refractivity contribution in [2.75, 3.05) is 0 Å². The fourth-order valence-corrected chi connectivity index (χ4v) is 1.34. The molecule has 1 N–H and O–H groups in total. The van der Waals surface area contributed by atoms with Crippen LogP contribution in [-0.2, 0) is 11.3 Å². The number of fused-ring (bicyclic) bond motifs is 1. The Bertz CT molecular complexity index is 460. The van der Waals surface area contributed by atoms with Crippen LogP contribution in [0.3, 0.4) is 0 Å². The van der Waals surface area contributed by atoms with E-state index in [-0.39, 0.29) is 5.91 Å². The third-order valence-electron chi connectivity index (χ3n) is 2.08. The van der Waals surface area contributed by atoms with Crippen LogP contribution < -0.4 is 5.32 Å². The standard InChI is InChI=1S/C10H13N5O/c1-2-4-9(16)12-7-8-13-10-11-5-3-6-15(10)14-8/h3,5-6H,2,4,7H2,1H3,(H,12,16). The van der Waals surface area contributed by atoms with Crippen LogP contribution in [0.1, 0.15) is 25.6 Å². The molecule has 0 aromatic carbocycles. The van der Waals surface area contributed by atoms with Gasteiger partial charge in [-0.25, -0.2) is 9.50 Å². The first kappa shape index (κ1) is 10.5. The van der Waals surface area contributed by atoms with E-state index in [4.69, 9.17) is 0 Å². The monoisotopic (exact) mass is 219 g/mol. The van der Waals surface area contributed by atoms with Crippen molar-refractivity contribution in [3.63, 3.8) is 0 Å². The minimum Gasteiger partial charge on any atom is -0.349 e. The average molecular weight is 219 g/mol. The molecule has 1 amide bonds. The highest BCUT2D eigenvalue weighted by Crippen LogP contribution is 1.96. The summed E-state index contributed by atoms with van der Waals surface area (Å²) in [6, 6.07) is 1.78. The molecule has 84 valence electrons. The molecule has 0 radical (unpaired) electrons. The Kier molecular flexibility index (Phi) is 3.09. The fraction of sp³-hybridized carbons (Fsp3) is 0.400. The maximum Gasteiger partial charge on any atom is 0.252 e. The zero-order valence-corrected chi connectivity index (χ0v) is 9.05. The predicted molar refractivity (Wildman–Crippen MR) is 57.5 cm³/mol. The first-order chi connectivity index (χ1) is 7.79. The Morgan fingerprint density at radius 3 is 3.19 bits per heavy atom. The number of hydrogen-bond donors (Lipinski definition) is 1. The van der Waals surface area contributed by atoms with Gasteiger partial charge in [-0.05, 0) is 12.5 Å². The number of carbonyl (C=O) groups excluding carboxylic acids is 1. The molecule has 0 saturated heterocycles. The largest absolute Gasteiger partial charge is 0.349 e. The predicted octanol–water partition coefficient (Wildman–Crippen LogP) is 0.541. The van der Waals surface area contributed by atoms with Crippen molar-refractivity contribution >= 4 is 11.7 Å². The van der Waals surface area contributed by atoms with E-state index in [0.717, 1.165) is 6.42 Å². The number of aromatic nitrogens is 4. The summed E-state index contributed by atoms with van der Waals surface area (Å²) in [5, 5.41) is 6.93. The average Bonchev–Trinajstić information content (AvgIpc) is 2.69. The Balaban J connectivity index is 2.02. The van der Waals surface area contributed by atoms with E-state index in [1.807, 2.05) is 6.92 Å². The van der Waals surface area contributed by atoms with Gasteiger partial charge in [-0.15, -0.1) is 5.10 Å². The molecule has 0 bridgehead atoms. The molecule has 0 fully saturated rings. The molecule has 16 heavy (non-hydrogen) atoms. The lowest BCUT2D eigenvalue weighted by Crippen LogP contribution is -2.22. The maximum atomic E-state index is 11.2. The Hall–Kier alpha value is -1.98. The van der Waals surface area contributed by atoms with Crippen LogP contribution in [0.2, 0.25) is 0 Å². The van der Waals surface area contributed by atoms with Crippen molar-refractivity contribution in [2.24, 2.45) is 0 Å². The van der Waals surface area contributed by atoms with Gasteiger partial charge in [-0.3, -0.25) is 4.79 Å². The van der Waals surface area contributed by atoms with Crippen molar-refractivity contribution in [3.05, 3.63) is 24.3 Å². The molecule has 2 rings (SSSR count). The van der Waals surface area contributed by atoms with Gasteiger partial charge in [0, 0.05) is 18.8 Å². The molecular weight excluding hydrogens is 206 g/mol. The number of amides is 1. The number of rotatable bonds is 4. The summed E-state index contributed by atoms with van der Waals surface area (Å²) in [6.45, 7) is 2.31. The van der Waals surface area contributed by atoms with Gasteiger partial charge in [-0.2, -0.15) is 4.98 Å². The Morgan fingerprint density at radius 2 is 2.44 bits per heavy atom. The quantitative estimate of drug-likeness (QED) is 0.814. The van der Waals surface area contributed by atoms with Crippen molar-refractivity contribution in [1.82, 2.24) is 24.9 Å². The minimum absolute atomic E-state index is 0.0225. The second-order valence-corrected chi connectivity index (χ2v) is 3.42. The first-order valence-corrected chi connectivity index (χ1v) is 5.22. The number of nitrogens with one attached hydrogen (secondary N) is 1. The molecule has 2 heterocycles. The third kappa shape index (κ3) is 2.33. The normalized spacial score (nSPS) is 10.6. The van der Waals surface area contributed by atoms with Gasteiger partial charge < -0.3 is 5.32 Å². The molecule has 0 unspecified atom stereocenters. The summed E-state index contributed by atoms with van der Waals surface area (Å²) in [5.41, 5.74) is 0. The van der Waals surface area contributed by atoms with Crippen LogP contribution in [0.4, 0.5) is 0 Å². The topological polar surface area (TPSA) is 72.2 Å². The summed E-state index contributed by atoms with van der Waals surface area (Å²) in [7, 11) is 0. The zero-order chi connectivity index (χ0) is 11.4. The SMILES string of the molecule is CCCC(=O)NCc1nc2ncccn2n1. The molecular formula is C10H13N5O. The summed E-state index contributed by atoms with van der Waals surface area (Å²) in [4.78, 5) is 19.5. The Morgan fingerprint density at radius 1 is 1.56 bits per heavy atom. The number of hydrogen-bond acceptors (Lipinski definition) is 4. The van der Waals surface area contributed by atoms with E-state index in [2.05, 4.69) is 20.4 Å². The van der Waals surface area contributed by atoms with Crippen LogP contribution in [0.25, 0.3) is 5.78 Å². The molecule has 6 heteroatoms. The lowest BCUT2D eigenvalue weighted by molar-refractivity contribution is -0.121. The van der Waals surface area contributed by atoms with Crippen molar-refractivity contribution < 1.29 is 4.79 Å². The van der Waals surface area contributed by atoms with E-state index >= 15 is 0 Å². The first-order valence-electron chi connectivity index (χ1n) is 5.22. The zero-order valence-electron chi connectivity index (χ0n) is 9.05. The van der Waals surface area contributed by atoms with Gasteiger partial charge >= 0.3 is 0 Å². The van der Waals surface area contributed by atoms with Gasteiger partial charge in [0.15, 0.2) is 5.82 Å². The van der Waals surface area contributed by atoms with Crippen molar-refractivity contribution in [1.29, 1.82) is 0 Å². The molecule has 0 saturated carbocycles. The molecule has 0 aliphatic heterocycles. The highest BCUT2D eigenvalue weighted by molar-refractivity contribution is 5.75. The number of carbonyl (C=O) groups is 1. The fourth-order valence-electron chi connectivity index (χ4n) is 1.34. The van der Waals surface area contributed by atoms with E-state index in [0.29, 0.717) is 24.6 Å². The third-order valence-corrected chi connectivity index (χ3v) is 2.08. The van der Waals surface area contributed by atoms with Gasteiger partial charge in [0.2, 0.25) is 5.91 Å². The molecule has 0 aliphatic carbocycles. The Labute approximate surface area is 92.7 Å². The van der Waals surface area contributed by atoms with E-state index < -0.39 is 0 Å². The smallest absolute Gasteiger partial charge is 0.252 e. The van der Waals surface area contributed by atoms with Crippen molar-refractivity contribution in [2.45, 2.75) is 26.3 Å². The molecule has 0 aliphatic rings. The van der Waals surface area contributed by atoms with Gasteiger partial charge in [0.05, 0.1) is 6.54 Å². The van der Waals surface area contributed by atoms with Crippen LogP contribution in [0.5, 0.6) is 0 Å². The second-order valence-electron chi connectivity index (χ2n) is 3.42. The van der Waals surface area contributed by atoms with Gasteiger partial charge in [0.25, 0.3) is 5.78 Å². The van der Waals surface area contributed by atoms with Crippen LogP contribution in [-0.4, -0.2) is 25.5 Å². The van der Waals surface area contributed by atoms with Gasteiger partial charge in [0.1, 0.15) is 0 Å². The highest BCUT2D eigenvalue weighted by atomic mass is 16.1. The van der Waals surface area contributed by atoms with Crippen LogP contribution in [0, 0.1) is 0 Å². The lowest BCUT2D eigenvalue weighted by Gasteiger charge is -1.99. The number of nitrogens with zero attached hydrogens (tertiary/aromatic N) is 4. The van der Waals surface area contributed by atoms with Gasteiger partial charge in [-0.1, -0.05) is 6.92 Å². The molecule has 2 aromatic heterocycles. The van der Waals surface area contributed by atoms with Crippen LogP contribution in [0.15, 0.2) is 18.5 Å². The summed E-state index contributed by atoms with van der Waals surface area (Å²) in [6.07, 6.45) is 4.80. The second kappa shape index (κ2) is 4.69. The summed E-state index contributed by atoms with van der Waals surface area (Å²) in [5.74, 6) is 1.14. The molecule has 2 aromatic rings. The highest BCUT2D eigenvalue weighted by Gasteiger charge is 2.05. The van der Waals surface area contributed by atoms with E-state index in [9.17, 15) is 4.79 Å². The maximum absolute atomic E-state index is 11.2. The molecule has 6 nitrogen and oxygen atoms in total. The lowest BCUT2D eigenvalue weighted by atomic mass is 10.3.